The first-order valence-electron chi connectivity index (χ1n) is 10.1. The molecule has 0 radical (unpaired) electrons. The summed E-state index contributed by atoms with van der Waals surface area (Å²) in [5.41, 5.74) is 4.77. The van der Waals surface area contributed by atoms with Gasteiger partial charge in [-0.3, -0.25) is 25.0 Å². The molecule has 1 fully saturated rings. The van der Waals surface area contributed by atoms with Gasteiger partial charge >= 0.3 is 0 Å². The number of piperidine rings is 1. The standard InChI is InChI=1S/C21H23N5O5S/c27-21(15-32-14-16-4-6-18(7-5-16)25(28)29)23-22-13-17-12-19(26(30)31)8-9-20(17)24-10-2-1-3-11-24/h4-9,12-13H,1-3,10-11,14-15H2,(H,23,27)/b22-13-. The zero-order valence-electron chi connectivity index (χ0n) is 17.3. The molecule has 11 heteroatoms. The summed E-state index contributed by atoms with van der Waals surface area (Å²) in [5, 5.41) is 25.8. The number of carbonyl (C=O) groups excluding carboxylic acids is 1. The molecule has 2 aromatic carbocycles. The first kappa shape index (κ1) is 23.2. The summed E-state index contributed by atoms with van der Waals surface area (Å²) in [6.07, 6.45) is 4.74. The molecule has 10 nitrogen and oxygen atoms in total. The molecule has 168 valence electrons. The van der Waals surface area contributed by atoms with Crippen LogP contribution in [0.4, 0.5) is 17.1 Å². The highest BCUT2D eigenvalue weighted by Gasteiger charge is 2.17. The fourth-order valence-corrected chi connectivity index (χ4v) is 4.14. The Bertz CT molecular complexity index is 1010. The molecule has 1 heterocycles. The van der Waals surface area contributed by atoms with E-state index in [2.05, 4.69) is 15.4 Å². The summed E-state index contributed by atoms with van der Waals surface area (Å²) in [6.45, 7) is 1.76. The number of thioether (sulfide) groups is 1. The van der Waals surface area contributed by atoms with Crippen molar-refractivity contribution >= 4 is 40.9 Å². The number of nitro groups is 2. The molecule has 0 aromatic heterocycles. The van der Waals surface area contributed by atoms with Crippen LogP contribution in [0.15, 0.2) is 47.6 Å². The second-order valence-electron chi connectivity index (χ2n) is 7.26. The summed E-state index contributed by atoms with van der Waals surface area (Å²) < 4.78 is 0. The fraction of sp³-hybridized carbons (Fsp3) is 0.333. The van der Waals surface area contributed by atoms with Crippen LogP contribution in [0.1, 0.15) is 30.4 Å². The normalized spacial score (nSPS) is 13.8. The Hall–Kier alpha value is -3.47. The average molecular weight is 458 g/mol. The van der Waals surface area contributed by atoms with E-state index in [1.165, 1.54) is 48.7 Å². The predicted molar refractivity (Wildman–Crippen MR) is 124 cm³/mol. The van der Waals surface area contributed by atoms with Gasteiger partial charge in [-0.1, -0.05) is 12.1 Å². The SMILES string of the molecule is O=C(CSCc1ccc([N+](=O)[O-])cc1)N/N=C\c1cc([N+](=O)[O-])ccc1N1CCCCC1. The van der Waals surface area contributed by atoms with Crippen LogP contribution in [0.25, 0.3) is 0 Å². The highest BCUT2D eigenvalue weighted by Crippen LogP contribution is 2.27. The number of nitrogens with one attached hydrogen (secondary N) is 1. The van der Waals surface area contributed by atoms with Crippen molar-refractivity contribution in [2.75, 3.05) is 23.7 Å². The number of nitrogens with zero attached hydrogens (tertiary/aromatic N) is 4. The topological polar surface area (TPSA) is 131 Å². The maximum atomic E-state index is 12.1. The summed E-state index contributed by atoms with van der Waals surface area (Å²) in [5.74, 6) is 0.375. The number of rotatable bonds is 9. The van der Waals surface area contributed by atoms with Gasteiger partial charge in [0.05, 0.1) is 21.8 Å². The zero-order valence-corrected chi connectivity index (χ0v) is 18.1. The zero-order chi connectivity index (χ0) is 22.9. The van der Waals surface area contributed by atoms with Crippen molar-refractivity contribution in [1.82, 2.24) is 5.43 Å². The van der Waals surface area contributed by atoms with E-state index in [9.17, 15) is 25.0 Å². The van der Waals surface area contributed by atoms with E-state index in [1.54, 1.807) is 18.2 Å². The Morgan fingerprint density at radius 2 is 1.69 bits per heavy atom. The van der Waals surface area contributed by atoms with E-state index in [4.69, 9.17) is 0 Å². The molecule has 0 unspecified atom stereocenters. The highest BCUT2D eigenvalue weighted by molar-refractivity contribution is 7.99. The van der Waals surface area contributed by atoms with Crippen LogP contribution in [-0.4, -0.2) is 40.8 Å². The van der Waals surface area contributed by atoms with E-state index < -0.39 is 9.85 Å². The third-order valence-corrected chi connectivity index (χ3v) is 5.96. The van der Waals surface area contributed by atoms with Crippen LogP contribution in [0.3, 0.4) is 0 Å². The highest BCUT2D eigenvalue weighted by atomic mass is 32.2. The summed E-state index contributed by atoms with van der Waals surface area (Å²) in [6, 6.07) is 10.8. The van der Waals surface area contributed by atoms with Gasteiger partial charge in [-0.05, 0) is 30.9 Å². The number of carbonyl (C=O) groups is 1. The fourth-order valence-electron chi connectivity index (χ4n) is 3.36. The van der Waals surface area contributed by atoms with Crippen molar-refractivity contribution in [2.45, 2.75) is 25.0 Å². The lowest BCUT2D eigenvalue weighted by atomic mass is 10.1. The third kappa shape index (κ3) is 6.51. The van der Waals surface area contributed by atoms with E-state index in [1.807, 2.05) is 0 Å². The van der Waals surface area contributed by atoms with Gasteiger partial charge in [0.15, 0.2) is 0 Å². The van der Waals surface area contributed by atoms with Crippen molar-refractivity contribution in [3.05, 3.63) is 73.8 Å². The second kappa shape index (κ2) is 11.2. The predicted octanol–water partition coefficient (Wildman–Crippen LogP) is 3.88. The van der Waals surface area contributed by atoms with E-state index in [-0.39, 0.29) is 23.0 Å². The van der Waals surface area contributed by atoms with Crippen LogP contribution >= 0.6 is 11.8 Å². The summed E-state index contributed by atoms with van der Waals surface area (Å²) in [7, 11) is 0. The average Bonchev–Trinajstić information content (AvgIpc) is 2.80. The van der Waals surface area contributed by atoms with Crippen molar-refractivity contribution in [2.24, 2.45) is 5.10 Å². The Balaban J connectivity index is 1.55. The number of benzene rings is 2. The Kier molecular flexibility index (Phi) is 8.14. The van der Waals surface area contributed by atoms with E-state index >= 15 is 0 Å². The van der Waals surface area contributed by atoms with Gasteiger partial charge in [0.25, 0.3) is 11.4 Å². The number of nitro benzene ring substituents is 2. The molecule has 0 bridgehead atoms. The number of hydrazone groups is 1. The molecule has 0 aliphatic carbocycles. The number of amides is 1. The van der Waals surface area contributed by atoms with Gasteiger partial charge in [0, 0.05) is 54.4 Å². The maximum absolute atomic E-state index is 12.1. The first-order chi connectivity index (χ1) is 15.4. The quantitative estimate of drug-likeness (QED) is 0.343. The molecule has 1 aliphatic heterocycles. The molecule has 1 saturated heterocycles. The van der Waals surface area contributed by atoms with Gasteiger partial charge < -0.3 is 4.90 Å². The largest absolute Gasteiger partial charge is 0.371 e. The van der Waals surface area contributed by atoms with Crippen molar-refractivity contribution in [3.8, 4) is 0 Å². The molecule has 32 heavy (non-hydrogen) atoms. The third-order valence-electron chi connectivity index (χ3n) is 4.96. The lowest BCUT2D eigenvalue weighted by molar-refractivity contribution is -0.385. The van der Waals surface area contributed by atoms with Crippen LogP contribution < -0.4 is 10.3 Å². The number of hydrogen-bond acceptors (Lipinski definition) is 8. The summed E-state index contributed by atoms with van der Waals surface area (Å²) >= 11 is 1.35. The first-order valence-corrected chi connectivity index (χ1v) is 11.3. The van der Waals surface area contributed by atoms with E-state index in [0.29, 0.717) is 11.3 Å². The number of anilines is 1. The molecule has 0 atom stereocenters. The molecule has 1 aliphatic rings. The van der Waals surface area contributed by atoms with Crippen molar-refractivity contribution < 1.29 is 14.6 Å². The number of non-ortho nitro benzene ring substituents is 2. The molecule has 3 rings (SSSR count). The smallest absolute Gasteiger partial charge is 0.270 e. The molecule has 1 N–H and O–H groups in total. The molecular formula is C21H23N5O5S. The number of hydrogen-bond donors (Lipinski definition) is 1. The minimum atomic E-state index is -0.458. The molecular weight excluding hydrogens is 434 g/mol. The van der Waals surface area contributed by atoms with Crippen LogP contribution in [0, 0.1) is 20.2 Å². The molecule has 2 aromatic rings. The Morgan fingerprint density at radius 1 is 1.03 bits per heavy atom. The minimum Gasteiger partial charge on any atom is -0.371 e. The van der Waals surface area contributed by atoms with Crippen LogP contribution in [0.2, 0.25) is 0 Å². The van der Waals surface area contributed by atoms with Gasteiger partial charge in [-0.2, -0.15) is 5.10 Å². The lowest BCUT2D eigenvalue weighted by Crippen LogP contribution is -2.30. The lowest BCUT2D eigenvalue weighted by Gasteiger charge is -2.29. The van der Waals surface area contributed by atoms with Gasteiger partial charge in [-0.25, -0.2) is 5.43 Å². The molecule has 1 amide bonds. The van der Waals surface area contributed by atoms with Gasteiger partial charge in [-0.15, -0.1) is 11.8 Å². The Morgan fingerprint density at radius 3 is 2.34 bits per heavy atom. The molecule has 0 saturated carbocycles. The summed E-state index contributed by atoms with van der Waals surface area (Å²) in [4.78, 5) is 35.2. The van der Waals surface area contributed by atoms with Crippen LogP contribution in [0.5, 0.6) is 0 Å². The van der Waals surface area contributed by atoms with Crippen LogP contribution in [-0.2, 0) is 10.5 Å². The minimum absolute atomic E-state index is 0.0240. The van der Waals surface area contributed by atoms with Gasteiger partial charge in [0.1, 0.15) is 0 Å². The van der Waals surface area contributed by atoms with E-state index in [0.717, 1.165) is 37.2 Å². The second-order valence-corrected chi connectivity index (χ2v) is 8.24. The molecule has 0 spiro atoms. The van der Waals surface area contributed by atoms with Crippen molar-refractivity contribution in [3.63, 3.8) is 0 Å². The van der Waals surface area contributed by atoms with Crippen molar-refractivity contribution in [1.29, 1.82) is 0 Å². The van der Waals surface area contributed by atoms with Gasteiger partial charge in [0.2, 0.25) is 5.91 Å². The Labute approximate surface area is 189 Å². The maximum Gasteiger partial charge on any atom is 0.270 e. The monoisotopic (exact) mass is 457 g/mol.